The number of aliphatic hydroxyl groups is 1. The molecular formula is C92H123N7O28. The van der Waals surface area contributed by atoms with Crippen molar-refractivity contribution in [2.24, 2.45) is 35.1 Å². The lowest BCUT2D eigenvalue weighted by molar-refractivity contribution is -0.292. The van der Waals surface area contributed by atoms with Crippen LogP contribution in [0.3, 0.4) is 0 Å². The van der Waals surface area contributed by atoms with Gasteiger partial charge in [0.1, 0.15) is 49.5 Å². The number of hydrogen-bond donors (Lipinski definition) is 7. The standard InChI is InChI=1S/C92H123N7O28/c1-48-33-61-18-20-71-49(2)34-63(120-71)25-27-92-45-76-85(126-92)86-87(125-76)88(127-92)84-72(124-86)21-19-62(122-84)39-60(101)40-64-74(44-73(121-61)52(48)5)123-75(83(64)115-8)41-59(100)17-24-82(111)118-46-57-13-9-55(10-14-57)37-69(104)66(43-78(94)107)98-90(113)51(4)36-68(103)54(7)96-91(114)119-47-58-15-11-56(12-16-58)38-70(105)65(42-77(93)106)97-89(112)50(3)35-67(102)53(6)95-79(108)26-29-116-31-32-117-30-28-99-80(109)22-23-81(99)110/h9-16,22-23,48,50-51,53-54,59,61-66,71-76,83-88,100H,2,5,17-21,24-47H2,1,3-4,6-8H3,(H2,93,106)(H2,94,107)(H,95,108)(H,96,114)(H,97,112)(H,98,113)/t48?,50-,51-,53+,54+,59-,61+,62?,63+,64+,65+,66+,71?,72+,73?,74+,75-,76?,83-,84+,85?,86+,87-,88+,92+/m1/s1. The number of hydrogen-bond acceptors (Lipinski definition) is 28. The number of nitrogens with one attached hydrogen (secondary N) is 4. The SMILES string of the molecule is C=C1C[C@@H]2CC[C@@]34CC5O[C@H]6[C@@H](O3)[C@H]3OC(CC[C@@H]3O[C@H]6C5O4)CC(=O)C[C@@H]3[C@@H](OC)[C@@H](C[C@H](O)CCC(=O)OCc4ccc(CC(=O)[C@H](CC(N)=O)NC(=O)[C@H](C)CC(=O)[C@H](C)NC(=O)OCc5ccc(CC(=O)[C@H](CC(N)=O)NC(=O)[C@H](C)CC(=O)[C@H](C)NC(=O)CCOCCOCCN6C(=O)C=CC6=O)cc5)cc4)O[C@H]3CC3O[C@@H](CCC1O2)CC(C)C3=C. The molecule has 10 saturated heterocycles. The summed E-state index contributed by atoms with van der Waals surface area (Å²) in [6.07, 6.45) is -0.0574. The number of ether oxygens (including phenoxy) is 13. The molecule has 10 fully saturated rings. The third-order valence-electron chi connectivity index (χ3n) is 26.0. The van der Waals surface area contributed by atoms with Gasteiger partial charge in [-0.3, -0.25) is 67.2 Å². The molecule has 8 amide bonds. The van der Waals surface area contributed by atoms with Crippen LogP contribution in [0.4, 0.5) is 4.79 Å². The summed E-state index contributed by atoms with van der Waals surface area (Å²) in [5.74, 6) is -10.5. The highest BCUT2D eigenvalue weighted by Crippen LogP contribution is 2.55. The molecule has 13 rings (SSSR count). The zero-order chi connectivity index (χ0) is 91.1. The second kappa shape index (κ2) is 44.4. The lowest BCUT2D eigenvalue weighted by Gasteiger charge is -2.47. The molecule has 11 aliphatic heterocycles. The number of alkyl carbamates (subject to hydrolysis) is 1. The molecule has 35 heteroatoms. The fraction of sp³-hybridized carbons (Fsp3) is 0.652. The minimum absolute atomic E-state index is 0.00849. The second-order valence-electron chi connectivity index (χ2n) is 35.8. The molecule has 0 aliphatic carbocycles. The van der Waals surface area contributed by atoms with E-state index < -0.39 is 180 Å². The smallest absolute Gasteiger partial charge is 0.408 e. The number of fused-ring (bicyclic) bond motifs is 6. The third kappa shape index (κ3) is 26.1. The van der Waals surface area contributed by atoms with E-state index in [1.807, 2.05) is 0 Å². The Morgan fingerprint density at radius 1 is 0.559 bits per heavy atom. The number of aliphatic hydroxyl groups excluding tert-OH is 1. The molecule has 0 radical (unpaired) electrons. The van der Waals surface area contributed by atoms with Gasteiger partial charge < -0.3 is 99.4 Å². The van der Waals surface area contributed by atoms with Crippen molar-refractivity contribution in [3.8, 4) is 0 Å². The van der Waals surface area contributed by atoms with E-state index in [4.69, 9.17) is 73.0 Å². The monoisotopic (exact) mass is 1770 g/mol. The van der Waals surface area contributed by atoms with Crippen LogP contribution in [0.1, 0.15) is 185 Å². The predicted molar refractivity (Wildman–Crippen MR) is 448 cm³/mol. The number of amides is 8. The van der Waals surface area contributed by atoms with E-state index in [1.165, 1.54) is 39.8 Å². The average Bonchev–Trinajstić information content (AvgIpc) is 1.55. The molecule has 35 nitrogen and oxygen atoms in total. The number of ketones is 5. The van der Waals surface area contributed by atoms with Crippen molar-refractivity contribution in [2.45, 2.75) is 317 Å². The summed E-state index contributed by atoms with van der Waals surface area (Å²) >= 11 is 0. The van der Waals surface area contributed by atoms with Gasteiger partial charge in [0.25, 0.3) is 11.8 Å². The maximum Gasteiger partial charge on any atom is 0.408 e. The van der Waals surface area contributed by atoms with Crippen LogP contribution < -0.4 is 32.7 Å². The first-order chi connectivity index (χ1) is 60.6. The van der Waals surface area contributed by atoms with Crippen molar-refractivity contribution in [3.63, 3.8) is 0 Å². The Balaban J connectivity index is 0.543. The number of esters is 1. The number of methoxy groups -OCH3 is 1. The van der Waals surface area contributed by atoms with Crippen molar-refractivity contribution >= 4 is 82.3 Å². The van der Waals surface area contributed by atoms with E-state index >= 15 is 0 Å². The highest BCUT2D eigenvalue weighted by molar-refractivity contribution is 6.13. The van der Waals surface area contributed by atoms with Gasteiger partial charge in [-0.15, -0.1) is 0 Å². The summed E-state index contributed by atoms with van der Waals surface area (Å²) in [5, 5.41) is 21.7. The molecule has 2 aromatic rings. The molecule has 127 heavy (non-hydrogen) atoms. The number of primary amides is 2. The summed E-state index contributed by atoms with van der Waals surface area (Å²) in [5.41, 5.74) is 15.0. The van der Waals surface area contributed by atoms with Gasteiger partial charge in [-0.05, 0) is 105 Å². The second-order valence-corrected chi connectivity index (χ2v) is 35.8. The Kier molecular flexibility index (Phi) is 33.8. The van der Waals surface area contributed by atoms with Crippen molar-refractivity contribution in [1.29, 1.82) is 0 Å². The van der Waals surface area contributed by atoms with Crippen LogP contribution in [0.2, 0.25) is 0 Å². The molecule has 9 N–H and O–H groups in total. The molecule has 2 aromatic carbocycles. The van der Waals surface area contributed by atoms with E-state index in [9.17, 15) is 72.2 Å². The van der Waals surface area contributed by atoms with Gasteiger partial charge in [-0.25, -0.2) is 4.79 Å². The molecule has 0 aromatic heterocycles. The van der Waals surface area contributed by atoms with Gasteiger partial charge >= 0.3 is 12.1 Å². The molecule has 12 bridgehead atoms. The first kappa shape index (κ1) is 96.8. The summed E-state index contributed by atoms with van der Waals surface area (Å²) < 4.78 is 82.6. The van der Waals surface area contributed by atoms with E-state index in [-0.39, 0.29) is 177 Å². The van der Waals surface area contributed by atoms with Gasteiger partial charge in [0.15, 0.2) is 28.9 Å². The maximum absolute atomic E-state index is 14.6. The first-order valence-corrected chi connectivity index (χ1v) is 44.5. The number of nitrogens with two attached hydrogens (primary N) is 2. The van der Waals surface area contributed by atoms with Crippen LogP contribution in [0.5, 0.6) is 0 Å². The van der Waals surface area contributed by atoms with Gasteiger partial charge in [0.05, 0.1) is 137 Å². The van der Waals surface area contributed by atoms with Crippen molar-refractivity contribution in [3.05, 3.63) is 107 Å². The number of benzene rings is 2. The van der Waals surface area contributed by atoms with Gasteiger partial charge in [0, 0.05) is 114 Å². The van der Waals surface area contributed by atoms with Crippen molar-refractivity contribution in [1.82, 2.24) is 26.2 Å². The summed E-state index contributed by atoms with van der Waals surface area (Å²) in [7, 11) is 1.58. The molecule has 11 heterocycles. The van der Waals surface area contributed by atoms with E-state index in [0.29, 0.717) is 54.4 Å². The quantitative estimate of drug-likeness (QED) is 0.0211. The normalized spacial score (nSPS) is 30.0. The number of rotatable bonds is 41. The van der Waals surface area contributed by atoms with Crippen LogP contribution in [-0.2, 0) is 150 Å². The molecule has 11 aliphatic rings. The number of imide groups is 1. The van der Waals surface area contributed by atoms with E-state index in [0.717, 1.165) is 48.2 Å². The van der Waals surface area contributed by atoms with Gasteiger partial charge in [-0.1, -0.05) is 82.5 Å². The highest BCUT2D eigenvalue weighted by atomic mass is 16.8. The predicted octanol–water partition coefficient (Wildman–Crippen LogP) is 4.30. The Morgan fingerprint density at radius 3 is 1.74 bits per heavy atom. The van der Waals surface area contributed by atoms with Crippen LogP contribution in [0.25, 0.3) is 0 Å². The van der Waals surface area contributed by atoms with Gasteiger partial charge in [0.2, 0.25) is 29.5 Å². The lowest BCUT2D eigenvalue weighted by Crippen LogP contribution is -2.61. The molecular weight excluding hydrogens is 1650 g/mol. The zero-order valence-electron chi connectivity index (χ0n) is 73.1. The molecule has 0 saturated carbocycles. The maximum atomic E-state index is 14.6. The third-order valence-corrected chi connectivity index (χ3v) is 26.0. The molecule has 694 valence electrons. The average molecular weight is 1780 g/mol. The van der Waals surface area contributed by atoms with Crippen molar-refractivity contribution < 1.29 is 134 Å². The Morgan fingerprint density at radius 2 is 1.12 bits per heavy atom. The summed E-state index contributed by atoms with van der Waals surface area (Å²) in [6.45, 7) is 16.9. The summed E-state index contributed by atoms with van der Waals surface area (Å²) in [6, 6.07) is 7.97. The number of nitrogens with zero attached hydrogens (tertiary/aromatic N) is 1. The number of Topliss-reactive ketones (excluding diaryl/α,β-unsaturated/α-hetero) is 5. The topological polar surface area (TPSA) is 483 Å². The fourth-order valence-corrected chi connectivity index (χ4v) is 18.8. The minimum Gasteiger partial charge on any atom is -0.461 e. The fourth-order valence-electron chi connectivity index (χ4n) is 18.8. The largest absolute Gasteiger partial charge is 0.461 e. The van der Waals surface area contributed by atoms with Gasteiger partial charge in [-0.2, -0.15) is 0 Å². The zero-order valence-corrected chi connectivity index (χ0v) is 73.1. The molecule has 1 spiro atoms. The minimum atomic E-state index is -1.36. The lowest BCUT2D eigenvalue weighted by atomic mass is 9.81. The Bertz CT molecular complexity index is 4370. The van der Waals surface area contributed by atoms with Crippen LogP contribution in [0, 0.1) is 23.7 Å². The van der Waals surface area contributed by atoms with E-state index in [2.05, 4.69) is 41.3 Å². The highest BCUT2D eigenvalue weighted by Gasteiger charge is 2.69. The Labute approximate surface area is 738 Å². The molecule has 6 unspecified atom stereocenters. The Hall–Kier alpha value is -9.24. The first-order valence-electron chi connectivity index (χ1n) is 44.5. The number of carbonyl (C=O) groups excluding carboxylic acids is 14. The number of carbonyl (C=O) groups is 14. The van der Waals surface area contributed by atoms with Crippen LogP contribution in [0.15, 0.2) is 85.0 Å². The van der Waals surface area contributed by atoms with Crippen LogP contribution >= 0.6 is 0 Å². The molecule has 25 atom stereocenters. The van der Waals surface area contributed by atoms with Crippen LogP contribution in [-0.4, -0.2) is 260 Å². The van der Waals surface area contributed by atoms with Crippen molar-refractivity contribution in [2.75, 3.05) is 40.1 Å². The summed E-state index contributed by atoms with van der Waals surface area (Å²) in [4.78, 5) is 182. The van der Waals surface area contributed by atoms with E-state index in [1.54, 1.807) is 55.6 Å².